The summed E-state index contributed by atoms with van der Waals surface area (Å²) in [6.45, 7) is 6.07. The number of ether oxygens (including phenoxy) is 1. The van der Waals surface area contributed by atoms with Crippen LogP contribution in [-0.2, 0) is 16.6 Å². The summed E-state index contributed by atoms with van der Waals surface area (Å²) < 4.78 is 6.66. The Morgan fingerprint density at radius 2 is 2.05 bits per heavy atom. The Morgan fingerprint density at radius 1 is 1.42 bits per heavy atom. The van der Waals surface area contributed by atoms with Crippen LogP contribution in [0.5, 0.6) is 0 Å². The fourth-order valence-corrected chi connectivity index (χ4v) is 1.52. The summed E-state index contributed by atoms with van der Waals surface area (Å²) in [6, 6.07) is 1.51. The molecule has 0 aliphatic heterocycles. The van der Waals surface area contributed by atoms with Gasteiger partial charge in [-0.15, -0.1) is 0 Å². The van der Waals surface area contributed by atoms with Crippen molar-refractivity contribution in [3.63, 3.8) is 0 Å². The number of hydrogen-bond donors (Lipinski definition) is 2. The summed E-state index contributed by atoms with van der Waals surface area (Å²) in [5.74, 6) is -0.518. The Kier molecular flexibility index (Phi) is 4.97. The zero-order chi connectivity index (χ0) is 14.6. The molecular formula is C13H21N3O3. The van der Waals surface area contributed by atoms with E-state index in [4.69, 9.17) is 10.5 Å². The molecule has 106 valence electrons. The second-order valence-corrected chi connectivity index (χ2v) is 4.96. The first-order valence-electron chi connectivity index (χ1n) is 6.21. The molecule has 0 saturated carbocycles. The highest BCUT2D eigenvalue weighted by Crippen LogP contribution is 2.11. The van der Waals surface area contributed by atoms with Crippen molar-refractivity contribution >= 4 is 17.6 Å². The number of amides is 1. The van der Waals surface area contributed by atoms with E-state index in [9.17, 15) is 9.59 Å². The Hall–Kier alpha value is -1.98. The smallest absolute Gasteiger partial charge is 0.355 e. The minimum Gasteiger partial charge on any atom is -0.448 e. The summed E-state index contributed by atoms with van der Waals surface area (Å²) in [5, 5.41) is 2.71. The summed E-state index contributed by atoms with van der Waals surface area (Å²) in [5.41, 5.74) is 6.38. The fraction of sp³-hybridized carbons (Fsp3) is 0.538. The molecule has 0 bridgehead atoms. The van der Waals surface area contributed by atoms with Gasteiger partial charge in [-0.3, -0.25) is 4.79 Å². The van der Waals surface area contributed by atoms with Gasteiger partial charge in [0.2, 0.25) is 0 Å². The second kappa shape index (κ2) is 6.26. The molecule has 0 fully saturated rings. The van der Waals surface area contributed by atoms with Crippen LogP contribution in [0.25, 0.3) is 0 Å². The van der Waals surface area contributed by atoms with E-state index in [1.807, 2.05) is 13.8 Å². The lowest BCUT2D eigenvalue weighted by Gasteiger charge is -2.14. The molecule has 0 aromatic carbocycles. The number of anilines is 1. The molecule has 0 saturated heterocycles. The number of nitrogens with two attached hydrogens (primary N) is 1. The van der Waals surface area contributed by atoms with Gasteiger partial charge in [0.1, 0.15) is 5.69 Å². The topological polar surface area (TPSA) is 86.3 Å². The van der Waals surface area contributed by atoms with Crippen molar-refractivity contribution in [1.29, 1.82) is 0 Å². The maximum Gasteiger partial charge on any atom is 0.355 e. The Labute approximate surface area is 112 Å². The first-order valence-corrected chi connectivity index (χ1v) is 6.21. The number of nitrogens with zero attached hydrogens (tertiary/aromatic N) is 1. The molecule has 0 spiro atoms. The number of carbonyl (C=O) groups excluding carboxylic acids is 2. The lowest BCUT2D eigenvalue weighted by molar-refractivity contribution is -0.129. The van der Waals surface area contributed by atoms with Crippen LogP contribution in [0.4, 0.5) is 5.69 Å². The normalized spacial score (nSPS) is 12.3. The van der Waals surface area contributed by atoms with Gasteiger partial charge in [0.15, 0.2) is 6.10 Å². The third-order valence-corrected chi connectivity index (χ3v) is 2.57. The van der Waals surface area contributed by atoms with Crippen molar-refractivity contribution in [2.24, 2.45) is 13.0 Å². The summed E-state index contributed by atoms with van der Waals surface area (Å²) in [4.78, 5) is 23.5. The van der Waals surface area contributed by atoms with Gasteiger partial charge in [-0.25, -0.2) is 4.79 Å². The summed E-state index contributed by atoms with van der Waals surface area (Å²) in [6.07, 6.45) is 0.780. The predicted molar refractivity (Wildman–Crippen MR) is 72.6 cm³/mol. The average Bonchev–Trinajstić information content (AvgIpc) is 2.65. The molecule has 1 rings (SSSR count). The van der Waals surface area contributed by atoms with Gasteiger partial charge in [-0.2, -0.15) is 0 Å². The van der Waals surface area contributed by atoms with Crippen molar-refractivity contribution in [1.82, 2.24) is 9.88 Å². The fourth-order valence-electron chi connectivity index (χ4n) is 1.52. The largest absolute Gasteiger partial charge is 0.448 e. The molecule has 0 radical (unpaired) electrons. The monoisotopic (exact) mass is 267 g/mol. The molecule has 6 nitrogen and oxygen atoms in total. The van der Waals surface area contributed by atoms with Crippen LogP contribution in [0, 0.1) is 5.92 Å². The number of aromatic nitrogens is 1. The molecule has 0 aliphatic carbocycles. The predicted octanol–water partition coefficient (Wildman–Crippen LogP) is 0.925. The van der Waals surface area contributed by atoms with E-state index in [1.54, 1.807) is 24.7 Å². The molecule has 1 atom stereocenters. The Morgan fingerprint density at radius 3 is 2.53 bits per heavy atom. The number of nitrogen functional groups attached to an aromatic ring is 1. The first kappa shape index (κ1) is 15.1. The van der Waals surface area contributed by atoms with E-state index in [-0.39, 0.29) is 5.91 Å². The summed E-state index contributed by atoms with van der Waals surface area (Å²) >= 11 is 0. The van der Waals surface area contributed by atoms with Crippen LogP contribution in [0.15, 0.2) is 12.3 Å². The van der Waals surface area contributed by atoms with E-state index in [0.29, 0.717) is 23.8 Å². The zero-order valence-electron chi connectivity index (χ0n) is 11.8. The van der Waals surface area contributed by atoms with Crippen LogP contribution >= 0.6 is 0 Å². The Bertz CT molecular complexity index is 466. The van der Waals surface area contributed by atoms with E-state index >= 15 is 0 Å². The van der Waals surface area contributed by atoms with Gasteiger partial charge in [0.05, 0.1) is 5.69 Å². The number of hydrogen-bond acceptors (Lipinski definition) is 4. The molecule has 1 amide bonds. The van der Waals surface area contributed by atoms with Crippen molar-refractivity contribution in [3.05, 3.63) is 18.0 Å². The van der Waals surface area contributed by atoms with Gasteiger partial charge < -0.3 is 20.4 Å². The van der Waals surface area contributed by atoms with Crippen LogP contribution in [0.3, 0.4) is 0 Å². The third kappa shape index (κ3) is 4.31. The minimum absolute atomic E-state index is 0.302. The van der Waals surface area contributed by atoms with Crippen molar-refractivity contribution < 1.29 is 14.3 Å². The molecule has 0 aliphatic rings. The van der Waals surface area contributed by atoms with Gasteiger partial charge in [-0.1, -0.05) is 13.8 Å². The summed E-state index contributed by atoms with van der Waals surface area (Å²) in [7, 11) is 1.69. The molecule has 6 heteroatoms. The molecule has 1 aromatic rings. The maximum atomic E-state index is 11.9. The zero-order valence-corrected chi connectivity index (χ0v) is 11.8. The van der Waals surface area contributed by atoms with Crippen LogP contribution < -0.4 is 11.1 Å². The average molecular weight is 267 g/mol. The number of esters is 1. The van der Waals surface area contributed by atoms with Crippen molar-refractivity contribution in [3.8, 4) is 0 Å². The minimum atomic E-state index is -0.831. The van der Waals surface area contributed by atoms with E-state index in [1.165, 1.54) is 6.07 Å². The standard InChI is InChI=1S/C13H21N3O3/c1-8(2)6-15-12(17)9(3)19-13(18)11-5-10(14)7-16(11)4/h5,7-9H,6,14H2,1-4H3,(H,15,17). The third-order valence-electron chi connectivity index (χ3n) is 2.57. The molecule has 1 heterocycles. The maximum absolute atomic E-state index is 11.9. The first-order chi connectivity index (χ1) is 8.81. The lowest BCUT2D eigenvalue weighted by atomic mass is 10.2. The molecule has 19 heavy (non-hydrogen) atoms. The quantitative estimate of drug-likeness (QED) is 0.777. The van der Waals surface area contributed by atoms with Crippen LogP contribution in [0.2, 0.25) is 0 Å². The van der Waals surface area contributed by atoms with Crippen molar-refractivity contribution in [2.75, 3.05) is 12.3 Å². The van der Waals surface area contributed by atoms with Crippen LogP contribution in [-0.4, -0.2) is 29.1 Å². The number of nitrogens with one attached hydrogen (secondary N) is 1. The second-order valence-electron chi connectivity index (χ2n) is 4.96. The molecule has 1 aromatic heterocycles. The van der Waals surface area contributed by atoms with Crippen LogP contribution in [0.1, 0.15) is 31.3 Å². The molecular weight excluding hydrogens is 246 g/mol. The molecule has 3 N–H and O–H groups in total. The lowest BCUT2D eigenvalue weighted by Crippen LogP contribution is -2.37. The molecule has 1 unspecified atom stereocenters. The van der Waals surface area contributed by atoms with Gasteiger partial charge >= 0.3 is 5.97 Å². The SMILES string of the molecule is CC(C)CNC(=O)C(C)OC(=O)c1cc(N)cn1C. The van der Waals surface area contributed by atoms with E-state index in [2.05, 4.69) is 5.32 Å². The van der Waals surface area contributed by atoms with Gasteiger partial charge in [0, 0.05) is 19.8 Å². The van der Waals surface area contributed by atoms with E-state index in [0.717, 1.165) is 0 Å². The van der Waals surface area contributed by atoms with Gasteiger partial charge in [0.25, 0.3) is 5.91 Å². The highest BCUT2D eigenvalue weighted by molar-refractivity contribution is 5.91. The van der Waals surface area contributed by atoms with Gasteiger partial charge in [-0.05, 0) is 18.9 Å². The highest BCUT2D eigenvalue weighted by Gasteiger charge is 2.20. The number of carbonyl (C=O) groups is 2. The van der Waals surface area contributed by atoms with E-state index < -0.39 is 12.1 Å². The number of rotatable bonds is 5. The highest BCUT2D eigenvalue weighted by atomic mass is 16.5. The Balaban J connectivity index is 2.57. The van der Waals surface area contributed by atoms with Crippen molar-refractivity contribution in [2.45, 2.75) is 26.9 Å². The number of aryl methyl sites for hydroxylation is 1.